The Balaban J connectivity index is 1.14. The maximum absolute atomic E-state index is 12.9. The number of nitrogens with zero attached hydrogens (tertiary/aromatic N) is 2. The fourth-order valence-electron chi connectivity index (χ4n) is 5.98. The Morgan fingerprint density at radius 3 is 2.39 bits per heavy atom. The zero-order valence-electron chi connectivity index (χ0n) is 28.6. The molecule has 0 unspecified atom stereocenters. The zero-order valence-corrected chi connectivity index (χ0v) is 29.4. The predicted octanol–water partition coefficient (Wildman–Crippen LogP) is 6.50. The lowest BCUT2D eigenvalue weighted by molar-refractivity contribution is -0.245. The molecule has 3 N–H and O–H groups in total. The minimum absolute atomic E-state index is 0.0116. The number of benzene rings is 4. The summed E-state index contributed by atoms with van der Waals surface area (Å²) in [5, 5.41) is 16.1. The number of aryl methyl sites for hydroxylation is 1. The zero-order chi connectivity index (χ0) is 35.6. The molecule has 1 aromatic heterocycles. The van der Waals surface area contributed by atoms with Gasteiger partial charge in [0.15, 0.2) is 11.4 Å². The standard InChI is InChI=1S/C40H42N4O6S/c1-44-19-18-41-40(44)51-26-34-23-36(30-16-14-28(25-45)15-17-30)50-38(49-34)33-13-7-12-32(22-33)31-11-6-10-29(20-31)24-42-39(47)43-35(37(46)48-2)21-27-8-4-3-5-9-27/h3-20,22,34-36,38,45H,21,23-26H2,1-2H3,(H2,42,43,47)/t34-,35-,36+,38+/m0/s1. The Hall–Kier alpha value is -4.94. The van der Waals surface area contributed by atoms with Crippen LogP contribution in [0.2, 0.25) is 0 Å². The third-order valence-corrected chi connectivity index (χ3v) is 9.93. The number of aliphatic hydroxyl groups is 1. The fourth-order valence-corrected chi connectivity index (χ4v) is 6.93. The van der Waals surface area contributed by atoms with Crippen molar-refractivity contribution in [2.45, 2.75) is 55.7 Å². The van der Waals surface area contributed by atoms with E-state index in [4.69, 9.17) is 14.2 Å². The minimum atomic E-state index is -0.816. The largest absolute Gasteiger partial charge is 0.467 e. The van der Waals surface area contributed by atoms with E-state index in [2.05, 4.69) is 21.7 Å². The SMILES string of the molecule is COC(=O)[C@H](Cc1ccccc1)NC(=O)NCc1cccc(-c2cccc([C@@H]3O[C@H](CSc4nccn4C)C[C@H](c4ccc(CO)cc4)O3)c2)c1. The number of nitrogens with one attached hydrogen (secondary N) is 2. The molecule has 11 heteroatoms. The van der Waals surface area contributed by atoms with Crippen LogP contribution in [0.3, 0.4) is 0 Å². The number of aromatic nitrogens is 2. The molecule has 1 aliphatic heterocycles. The van der Waals surface area contributed by atoms with Crippen LogP contribution in [0.4, 0.5) is 4.79 Å². The molecular weight excluding hydrogens is 665 g/mol. The molecule has 264 valence electrons. The Kier molecular flexibility index (Phi) is 12.2. The van der Waals surface area contributed by atoms with Crippen molar-refractivity contribution < 1.29 is 28.9 Å². The predicted molar refractivity (Wildman–Crippen MR) is 196 cm³/mol. The molecule has 6 rings (SSSR count). The Morgan fingerprint density at radius 2 is 1.67 bits per heavy atom. The van der Waals surface area contributed by atoms with Gasteiger partial charge in [0.2, 0.25) is 0 Å². The quantitative estimate of drug-likeness (QED) is 0.0937. The van der Waals surface area contributed by atoms with Crippen molar-refractivity contribution >= 4 is 23.8 Å². The monoisotopic (exact) mass is 706 g/mol. The minimum Gasteiger partial charge on any atom is -0.467 e. The normalized spacial score (nSPS) is 17.7. The summed E-state index contributed by atoms with van der Waals surface area (Å²) in [6, 6.07) is 32.1. The van der Waals surface area contributed by atoms with Crippen molar-refractivity contribution in [3.05, 3.63) is 143 Å². The number of aliphatic hydroxyl groups excluding tert-OH is 1. The second-order valence-corrected chi connectivity index (χ2v) is 13.4. The van der Waals surface area contributed by atoms with Crippen molar-refractivity contribution in [2.75, 3.05) is 12.9 Å². The van der Waals surface area contributed by atoms with Gasteiger partial charge in [-0.15, -0.1) is 0 Å². The number of carbonyl (C=O) groups is 2. The number of carbonyl (C=O) groups excluding carboxylic acids is 2. The summed E-state index contributed by atoms with van der Waals surface area (Å²) in [5.41, 5.74) is 6.54. The summed E-state index contributed by atoms with van der Waals surface area (Å²) in [4.78, 5) is 29.7. The molecule has 0 spiro atoms. The van der Waals surface area contributed by atoms with Crippen molar-refractivity contribution in [1.29, 1.82) is 0 Å². The first kappa shape index (κ1) is 35.9. The fraction of sp³-hybridized carbons (Fsp3) is 0.275. The van der Waals surface area contributed by atoms with Gasteiger partial charge in [0.05, 0.1) is 25.9 Å². The van der Waals surface area contributed by atoms with Crippen LogP contribution in [0.25, 0.3) is 11.1 Å². The van der Waals surface area contributed by atoms with Crippen molar-refractivity contribution in [3.63, 3.8) is 0 Å². The van der Waals surface area contributed by atoms with E-state index < -0.39 is 24.3 Å². The van der Waals surface area contributed by atoms with Gasteiger partial charge < -0.3 is 34.5 Å². The summed E-state index contributed by atoms with van der Waals surface area (Å²) in [7, 11) is 3.29. The third kappa shape index (κ3) is 9.65. The Morgan fingerprint density at radius 1 is 0.922 bits per heavy atom. The molecular formula is C40H42N4O6S. The van der Waals surface area contributed by atoms with Crippen LogP contribution in [0.5, 0.6) is 0 Å². The van der Waals surface area contributed by atoms with Gasteiger partial charge in [0, 0.05) is 50.1 Å². The van der Waals surface area contributed by atoms with Crippen molar-refractivity contribution in [1.82, 2.24) is 20.2 Å². The van der Waals surface area contributed by atoms with Crippen molar-refractivity contribution in [2.24, 2.45) is 7.05 Å². The highest BCUT2D eigenvalue weighted by molar-refractivity contribution is 7.99. The van der Waals surface area contributed by atoms with Crippen molar-refractivity contribution in [3.8, 4) is 11.1 Å². The second kappa shape index (κ2) is 17.3. The summed E-state index contributed by atoms with van der Waals surface area (Å²) in [5.74, 6) is 0.205. The van der Waals surface area contributed by atoms with Crippen LogP contribution in [0, 0.1) is 0 Å². The first-order valence-corrected chi connectivity index (χ1v) is 17.8. The molecule has 51 heavy (non-hydrogen) atoms. The highest BCUT2D eigenvalue weighted by Gasteiger charge is 2.32. The molecule has 2 heterocycles. The highest BCUT2D eigenvalue weighted by atomic mass is 32.2. The summed E-state index contributed by atoms with van der Waals surface area (Å²) < 4.78 is 20.1. The summed E-state index contributed by atoms with van der Waals surface area (Å²) in [6.45, 7) is 0.252. The summed E-state index contributed by atoms with van der Waals surface area (Å²) >= 11 is 1.66. The number of hydrogen-bond donors (Lipinski definition) is 3. The number of ether oxygens (including phenoxy) is 3. The van der Waals surface area contributed by atoms with E-state index in [0.29, 0.717) is 18.6 Å². The number of esters is 1. The second-order valence-electron chi connectivity index (χ2n) is 12.4. The smallest absolute Gasteiger partial charge is 0.328 e. The van der Waals surface area contributed by atoms with E-state index in [1.54, 1.807) is 18.0 Å². The third-order valence-electron chi connectivity index (χ3n) is 8.74. The van der Waals surface area contributed by atoms with E-state index >= 15 is 0 Å². The van der Waals surface area contributed by atoms with E-state index in [1.165, 1.54) is 7.11 Å². The number of hydrogen-bond acceptors (Lipinski definition) is 8. The lowest BCUT2D eigenvalue weighted by Gasteiger charge is -2.36. The van der Waals surface area contributed by atoms with E-state index in [0.717, 1.165) is 44.1 Å². The van der Waals surface area contributed by atoms with Crippen LogP contribution in [0.15, 0.2) is 121 Å². The maximum Gasteiger partial charge on any atom is 0.328 e. The molecule has 5 aromatic rings. The first-order valence-electron chi connectivity index (χ1n) is 16.8. The molecule has 1 fully saturated rings. The summed E-state index contributed by atoms with van der Waals surface area (Å²) in [6.07, 6.45) is 3.84. The van der Waals surface area contributed by atoms with Crippen LogP contribution >= 0.6 is 11.8 Å². The molecule has 4 atom stereocenters. The molecule has 2 amide bonds. The number of methoxy groups -OCH3 is 1. The van der Waals surface area contributed by atoms with E-state index in [-0.39, 0.29) is 25.4 Å². The average molecular weight is 707 g/mol. The van der Waals surface area contributed by atoms with E-state index in [1.807, 2.05) is 115 Å². The number of thioether (sulfide) groups is 1. The van der Waals surface area contributed by atoms with Gasteiger partial charge in [-0.2, -0.15) is 0 Å². The molecule has 1 aliphatic rings. The number of rotatable bonds is 13. The van der Waals surface area contributed by atoms with Gasteiger partial charge in [-0.05, 0) is 45.5 Å². The lowest BCUT2D eigenvalue weighted by atomic mass is 9.99. The highest BCUT2D eigenvalue weighted by Crippen LogP contribution is 2.40. The van der Waals surface area contributed by atoms with Gasteiger partial charge >= 0.3 is 12.0 Å². The number of imidazole rings is 1. The molecule has 1 saturated heterocycles. The molecule has 10 nitrogen and oxygen atoms in total. The van der Waals surface area contributed by atoms with Crippen LogP contribution in [-0.4, -0.2) is 51.7 Å². The van der Waals surface area contributed by atoms with Gasteiger partial charge in [-0.1, -0.05) is 103 Å². The van der Waals surface area contributed by atoms with Crippen LogP contribution in [0.1, 0.15) is 46.6 Å². The lowest BCUT2D eigenvalue weighted by Crippen LogP contribution is -2.47. The van der Waals surface area contributed by atoms with Gasteiger partial charge in [0.1, 0.15) is 6.04 Å². The molecule has 0 bridgehead atoms. The first-order chi connectivity index (χ1) is 24.9. The van der Waals surface area contributed by atoms with Gasteiger partial charge in [-0.25, -0.2) is 14.6 Å². The van der Waals surface area contributed by atoms with E-state index in [9.17, 15) is 14.7 Å². The van der Waals surface area contributed by atoms with Gasteiger partial charge in [-0.3, -0.25) is 0 Å². The van der Waals surface area contributed by atoms with Gasteiger partial charge in [0.25, 0.3) is 0 Å². The van der Waals surface area contributed by atoms with Crippen LogP contribution < -0.4 is 10.6 Å². The topological polar surface area (TPSA) is 124 Å². The molecule has 0 radical (unpaired) electrons. The number of amides is 2. The van der Waals surface area contributed by atoms with Crippen LogP contribution in [-0.2, 0) is 45.6 Å². The average Bonchev–Trinajstić information content (AvgIpc) is 3.60. The Bertz CT molecular complexity index is 1900. The molecule has 0 aliphatic carbocycles. The Labute approximate surface area is 302 Å². The maximum atomic E-state index is 12.9. The molecule has 4 aromatic carbocycles. The molecule has 0 saturated carbocycles. The number of urea groups is 1.